The maximum Gasteiger partial charge on any atom is 0.409 e. The van der Waals surface area contributed by atoms with Crippen LogP contribution in [0.3, 0.4) is 0 Å². The lowest BCUT2D eigenvalue weighted by Crippen LogP contribution is -2.63. The zero-order chi connectivity index (χ0) is 28.0. The van der Waals surface area contributed by atoms with Crippen LogP contribution in [0.4, 0.5) is 10.5 Å². The zero-order valence-corrected chi connectivity index (χ0v) is 22.9. The SMILES string of the molecule is COc1cc2cc(c1Cl)N(C)C(=O)C[C@H](O)[C@]1(C)O[C@@H]1[C@@H](C)[C@@H]1C[C@@](O)(NC(=O)O1)[C@H](O)/C=C/C=C(\C)C2. The van der Waals surface area contributed by atoms with Crippen molar-refractivity contribution in [2.75, 3.05) is 19.1 Å². The summed E-state index contributed by atoms with van der Waals surface area (Å²) >= 11 is 6.55. The molecule has 4 N–H and O–H groups in total. The van der Waals surface area contributed by atoms with Gasteiger partial charge in [-0.05, 0) is 38.0 Å². The molecule has 7 atom stereocenters. The molecule has 3 aliphatic rings. The Morgan fingerprint density at radius 2 is 1.97 bits per heavy atom. The number of ether oxygens (including phenoxy) is 3. The number of nitrogens with zero attached hydrogens (tertiary/aromatic N) is 1. The number of methoxy groups -OCH3 is 1. The first-order chi connectivity index (χ1) is 17.8. The summed E-state index contributed by atoms with van der Waals surface area (Å²) in [5.74, 6) is -0.419. The molecule has 3 heterocycles. The van der Waals surface area contributed by atoms with Gasteiger partial charge in [0, 0.05) is 19.4 Å². The van der Waals surface area contributed by atoms with E-state index in [0.717, 1.165) is 11.1 Å². The van der Waals surface area contributed by atoms with Crippen molar-refractivity contribution < 1.29 is 39.1 Å². The van der Waals surface area contributed by atoms with Crippen molar-refractivity contribution >= 4 is 29.3 Å². The van der Waals surface area contributed by atoms with E-state index in [0.29, 0.717) is 17.9 Å². The van der Waals surface area contributed by atoms with Crippen molar-refractivity contribution in [2.45, 2.75) is 75.8 Å². The lowest BCUT2D eigenvalue weighted by Gasteiger charge is -2.41. The minimum absolute atomic E-state index is 0.105. The molecule has 38 heavy (non-hydrogen) atoms. The Labute approximate surface area is 226 Å². The third-order valence-corrected chi connectivity index (χ3v) is 8.13. The molecule has 4 rings (SSSR count). The molecule has 2 fully saturated rings. The summed E-state index contributed by atoms with van der Waals surface area (Å²) in [7, 11) is 3.07. The van der Waals surface area contributed by atoms with E-state index >= 15 is 0 Å². The van der Waals surface area contributed by atoms with Gasteiger partial charge in [0.15, 0.2) is 5.72 Å². The lowest BCUT2D eigenvalue weighted by molar-refractivity contribution is -0.133. The normalized spacial score (nSPS) is 38.3. The number of aliphatic hydroxyl groups is 3. The number of fused-ring (bicyclic) bond motifs is 5. The van der Waals surface area contributed by atoms with Crippen LogP contribution in [0.15, 0.2) is 35.9 Å². The van der Waals surface area contributed by atoms with Gasteiger partial charge in [0.05, 0.1) is 31.4 Å². The number of alkyl carbamates (subject to hydrolysis) is 1. The summed E-state index contributed by atoms with van der Waals surface area (Å²) in [5.41, 5.74) is -0.860. The van der Waals surface area contributed by atoms with Gasteiger partial charge in [0.25, 0.3) is 0 Å². The van der Waals surface area contributed by atoms with Gasteiger partial charge in [-0.1, -0.05) is 42.3 Å². The Bertz CT molecular complexity index is 1170. The number of hydrogen-bond acceptors (Lipinski definition) is 8. The summed E-state index contributed by atoms with van der Waals surface area (Å²) in [6, 6.07) is 3.57. The zero-order valence-electron chi connectivity index (χ0n) is 22.1. The van der Waals surface area contributed by atoms with Crippen molar-refractivity contribution in [3.05, 3.63) is 46.5 Å². The van der Waals surface area contributed by atoms with Crippen LogP contribution in [0.1, 0.15) is 39.2 Å². The van der Waals surface area contributed by atoms with Crippen molar-refractivity contribution in [3.63, 3.8) is 0 Å². The molecule has 3 aliphatic heterocycles. The third kappa shape index (κ3) is 5.41. The van der Waals surface area contributed by atoms with Crippen LogP contribution in [0.25, 0.3) is 0 Å². The molecule has 0 spiro atoms. The second-order valence-electron chi connectivity index (χ2n) is 10.6. The van der Waals surface area contributed by atoms with Crippen LogP contribution < -0.4 is 15.0 Å². The van der Waals surface area contributed by atoms with Gasteiger partial charge in [-0.15, -0.1) is 0 Å². The van der Waals surface area contributed by atoms with Crippen LogP contribution in [0.5, 0.6) is 5.75 Å². The van der Waals surface area contributed by atoms with Gasteiger partial charge in [0.1, 0.15) is 28.6 Å². The van der Waals surface area contributed by atoms with Crippen LogP contribution in [-0.2, 0) is 20.7 Å². The molecule has 0 radical (unpaired) electrons. The van der Waals surface area contributed by atoms with E-state index in [1.807, 2.05) is 6.92 Å². The van der Waals surface area contributed by atoms with Gasteiger partial charge < -0.3 is 34.4 Å². The molecule has 0 unspecified atom stereocenters. The molecule has 1 aromatic rings. The van der Waals surface area contributed by atoms with Gasteiger partial charge >= 0.3 is 6.09 Å². The number of benzene rings is 1. The highest BCUT2D eigenvalue weighted by Crippen LogP contribution is 2.48. The molecular formula is C27H35ClN2O8. The van der Waals surface area contributed by atoms with Gasteiger partial charge in [-0.3, -0.25) is 10.1 Å². The maximum atomic E-state index is 13.2. The summed E-state index contributed by atoms with van der Waals surface area (Å²) in [6.07, 6.45) is 0.107. The number of nitrogens with one attached hydrogen (secondary N) is 1. The van der Waals surface area contributed by atoms with E-state index < -0.39 is 47.8 Å². The largest absolute Gasteiger partial charge is 0.495 e. The number of allylic oxidation sites excluding steroid dienone is 3. The molecule has 4 bridgehead atoms. The third-order valence-electron chi connectivity index (χ3n) is 7.75. The molecule has 0 aliphatic carbocycles. The van der Waals surface area contributed by atoms with E-state index in [1.165, 1.54) is 18.1 Å². The van der Waals surface area contributed by atoms with Crippen LogP contribution in [-0.4, -0.2) is 77.2 Å². The molecular weight excluding hydrogens is 516 g/mol. The van der Waals surface area contributed by atoms with Crippen LogP contribution >= 0.6 is 11.6 Å². The highest BCUT2D eigenvalue weighted by Gasteiger charge is 2.62. The minimum atomic E-state index is -1.96. The summed E-state index contributed by atoms with van der Waals surface area (Å²) in [4.78, 5) is 26.9. The van der Waals surface area contributed by atoms with E-state index in [1.54, 1.807) is 45.2 Å². The van der Waals surface area contributed by atoms with Crippen molar-refractivity contribution in [1.82, 2.24) is 5.32 Å². The number of aliphatic hydroxyl groups excluding tert-OH is 2. The summed E-state index contributed by atoms with van der Waals surface area (Å²) < 4.78 is 16.7. The first-order valence-corrected chi connectivity index (χ1v) is 12.9. The molecule has 0 saturated carbocycles. The molecule has 11 heteroatoms. The second-order valence-corrected chi connectivity index (χ2v) is 11.0. The van der Waals surface area contributed by atoms with Crippen LogP contribution in [0, 0.1) is 5.92 Å². The maximum absolute atomic E-state index is 13.2. The molecule has 2 amide bonds. The first kappa shape index (κ1) is 28.4. The van der Waals surface area contributed by atoms with Gasteiger partial charge in [-0.2, -0.15) is 0 Å². The van der Waals surface area contributed by atoms with E-state index in [2.05, 4.69) is 5.32 Å². The quantitative estimate of drug-likeness (QED) is 0.391. The number of carbonyl (C=O) groups is 2. The minimum Gasteiger partial charge on any atom is -0.495 e. The number of epoxide rings is 1. The van der Waals surface area contributed by atoms with Crippen molar-refractivity contribution in [2.24, 2.45) is 5.92 Å². The first-order valence-electron chi connectivity index (χ1n) is 12.5. The average molecular weight is 551 g/mol. The standard InChI is InChI=1S/C27H35ClN2O8/c1-14-7-6-8-20(31)27(35)13-19(37-25(34)29-27)15(2)24-26(3,38-24)21(32)12-22(33)30(4)17-10-16(9-14)11-18(36-5)23(17)28/h6-8,10-11,15,19-21,24,31-32,35H,9,12-13H2,1-5H3,(H,29,34)/b8-6+,14-7+/t15-,19-,20+,21-,24+,26-,27-/m0/s1. The number of amides is 2. The monoisotopic (exact) mass is 550 g/mol. The van der Waals surface area contributed by atoms with Crippen molar-refractivity contribution in [1.29, 1.82) is 0 Å². The fourth-order valence-corrected chi connectivity index (χ4v) is 5.51. The average Bonchev–Trinajstić information content (AvgIpc) is 3.55. The predicted octanol–water partition coefficient (Wildman–Crippen LogP) is 2.46. The summed E-state index contributed by atoms with van der Waals surface area (Å²) in [5, 5.41) is 35.5. The highest BCUT2D eigenvalue weighted by atomic mass is 35.5. The molecule has 0 aromatic heterocycles. The Kier molecular flexibility index (Phi) is 7.84. The topological polar surface area (TPSA) is 141 Å². The molecule has 1 aromatic carbocycles. The number of hydrogen-bond donors (Lipinski definition) is 4. The second kappa shape index (κ2) is 10.5. The Balaban J connectivity index is 1.73. The fraction of sp³-hybridized carbons (Fsp3) is 0.556. The van der Waals surface area contributed by atoms with E-state index in [4.69, 9.17) is 25.8 Å². The van der Waals surface area contributed by atoms with Crippen molar-refractivity contribution in [3.8, 4) is 5.75 Å². The van der Waals surface area contributed by atoms with Gasteiger partial charge in [-0.25, -0.2) is 4.79 Å². The fourth-order valence-electron chi connectivity index (χ4n) is 5.20. The number of carbonyl (C=O) groups excluding carboxylic acids is 2. The smallest absolute Gasteiger partial charge is 0.409 e. The summed E-state index contributed by atoms with van der Waals surface area (Å²) in [6.45, 7) is 5.35. The highest BCUT2D eigenvalue weighted by molar-refractivity contribution is 6.35. The Morgan fingerprint density at radius 3 is 2.66 bits per heavy atom. The molecule has 208 valence electrons. The lowest BCUT2D eigenvalue weighted by atomic mass is 9.84. The number of halogens is 1. The Morgan fingerprint density at radius 1 is 1.26 bits per heavy atom. The predicted molar refractivity (Wildman–Crippen MR) is 140 cm³/mol. The molecule has 10 nitrogen and oxygen atoms in total. The van der Waals surface area contributed by atoms with E-state index in [-0.39, 0.29) is 23.8 Å². The van der Waals surface area contributed by atoms with Gasteiger partial charge in [0.2, 0.25) is 5.91 Å². The molecule has 2 saturated heterocycles. The number of anilines is 1. The van der Waals surface area contributed by atoms with E-state index in [9.17, 15) is 24.9 Å². The van der Waals surface area contributed by atoms with Crippen LogP contribution in [0.2, 0.25) is 5.02 Å². The Hall–Kier alpha value is -2.63. The number of rotatable bonds is 1.